The van der Waals surface area contributed by atoms with Gasteiger partial charge in [0.25, 0.3) is 0 Å². The molecule has 0 amide bonds. The predicted molar refractivity (Wildman–Crippen MR) is 226 cm³/mol. The number of thiophene rings is 1. The maximum Gasteiger partial charge on any atom is 0.174 e. The van der Waals surface area contributed by atoms with Gasteiger partial charge in [0.1, 0.15) is 0 Å². The molecule has 264 valence electrons. The Morgan fingerprint density at radius 2 is 0.873 bits per heavy atom. The highest BCUT2D eigenvalue weighted by Crippen LogP contribution is 2.40. The molecule has 0 saturated carbocycles. The summed E-state index contributed by atoms with van der Waals surface area (Å²) in [6, 6.07) is 52.2. The van der Waals surface area contributed by atoms with E-state index in [0.717, 1.165) is 49.6 Å². The van der Waals surface area contributed by atoms with E-state index >= 15 is 0 Å². The van der Waals surface area contributed by atoms with Gasteiger partial charge in [-0.1, -0.05) is 170 Å². The van der Waals surface area contributed by atoms with Crippen molar-refractivity contribution in [1.29, 1.82) is 0 Å². The first-order valence-corrected chi connectivity index (χ1v) is 19.8. The van der Waals surface area contributed by atoms with E-state index in [1.807, 2.05) is 78.2 Å². The number of hydrogen-bond acceptors (Lipinski definition) is 8. The normalized spacial score (nSPS) is 13.6. The zero-order chi connectivity index (χ0) is 37.0. The van der Waals surface area contributed by atoms with Crippen LogP contribution in [0.4, 0.5) is 0 Å². The van der Waals surface area contributed by atoms with Gasteiger partial charge in [-0.3, -0.25) is 0 Å². The molecule has 0 fully saturated rings. The van der Waals surface area contributed by atoms with Crippen molar-refractivity contribution in [3.8, 4) is 56.3 Å². The van der Waals surface area contributed by atoms with Crippen molar-refractivity contribution in [1.82, 2.24) is 29.9 Å². The molecule has 4 heterocycles. The third-order valence-corrected chi connectivity index (χ3v) is 11.6. The highest BCUT2D eigenvalue weighted by atomic mass is 32.2. The molecule has 9 rings (SSSR count). The summed E-state index contributed by atoms with van der Waals surface area (Å²) in [4.78, 5) is 31.6. The number of nitrogens with zero attached hydrogens (tertiary/aromatic N) is 6. The Kier molecular flexibility index (Phi) is 9.50. The minimum atomic E-state index is -0.468. The third kappa shape index (κ3) is 7.05. The van der Waals surface area contributed by atoms with E-state index in [9.17, 15) is 0 Å². The fraction of sp³-hybridized carbons (Fsp3) is 0.0638. The number of benzene rings is 5. The molecule has 1 aliphatic heterocycles. The van der Waals surface area contributed by atoms with Crippen molar-refractivity contribution < 1.29 is 0 Å². The van der Waals surface area contributed by atoms with Crippen molar-refractivity contribution in [2.75, 3.05) is 0 Å². The van der Waals surface area contributed by atoms with Gasteiger partial charge in [0.15, 0.2) is 34.9 Å². The van der Waals surface area contributed by atoms with Crippen LogP contribution >= 0.6 is 23.1 Å². The molecule has 0 N–H and O–H groups in total. The highest BCUT2D eigenvalue weighted by molar-refractivity contribution is 8.10. The summed E-state index contributed by atoms with van der Waals surface area (Å²) in [7, 11) is 0. The Labute approximate surface area is 328 Å². The van der Waals surface area contributed by atoms with Crippen LogP contribution in [0, 0.1) is 0 Å². The van der Waals surface area contributed by atoms with Crippen LogP contribution in [0.3, 0.4) is 0 Å². The number of thioether (sulfide) groups is 1. The lowest BCUT2D eigenvalue weighted by Crippen LogP contribution is -2.25. The average molecular weight is 747 g/mol. The Hall–Kier alpha value is -6.35. The van der Waals surface area contributed by atoms with Crippen molar-refractivity contribution in [3.63, 3.8) is 0 Å². The van der Waals surface area contributed by atoms with Gasteiger partial charge in [-0.15, -0.1) is 11.3 Å². The van der Waals surface area contributed by atoms with Crippen molar-refractivity contribution in [3.05, 3.63) is 197 Å². The summed E-state index contributed by atoms with van der Waals surface area (Å²) in [5.74, 6) is 3.95. The van der Waals surface area contributed by atoms with Crippen molar-refractivity contribution in [2.45, 2.75) is 18.8 Å². The van der Waals surface area contributed by atoms with Crippen LogP contribution in [-0.2, 0) is 5.41 Å². The van der Waals surface area contributed by atoms with Crippen molar-refractivity contribution >= 4 is 28.0 Å². The molecule has 1 aliphatic rings. The van der Waals surface area contributed by atoms with Gasteiger partial charge in [0, 0.05) is 27.7 Å². The van der Waals surface area contributed by atoms with Crippen LogP contribution in [-0.4, -0.2) is 29.9 Å². The maximum atomic E-state index is 4.99. The lowest BCUT2D eigenvalue weighted by atomic mass is 9.71. The molecule has 0 aliphatic carbocycles. The molecular formula is C47H34N6S2. The lowest BCUT2D eigenvalue weighted by Gasteiger charge is -2.32. The molecule has 8 aromatic rings. The zero-order valence-electron chi connectivity index (χ0n) is 30.0. The van der Waals surface area contributed by atoms with Crippen LogP contribution in [0.15, 0.2) is 175 Å². The Bertz CT molecular complexity index is 2630. The van der Waals surface area contributed by atoms with Crippen LogP contribution in [0.5, 0.6) is 0 Å². The molecule has 0 spiro atoms. The molecule has 0 saturated heterocycles. The lowest BCUT2D eigenvalue weighted by molar-refractivity contribution is 0.692. The monoisotopic (exact) mass is 746 g/mol. The molecular weight excluding hydrogens is 713 g/mol. The van der Waals surface area contributed by atoms with Crippen LogP contribution < -0.4 is 0 Å². The van der Waals surface area contributed by atoms with Gasteiger partial charge in [0.2, 0.25) is 0 Å². The molecule has 8 heteroatoms. The van der Waals surface area contributed by atoms with Crippen LogP contribution in [0.25, 0.3) is 61.2 Å². The SMILES string of the molecule is CC(c1ccccc1)(c1ccc(-c2nc(C3=CCC=CS3)nc(-c3ccccc3)n2)cc1)c1ccc(-c2nc(-c3ccccc3)nc(-c3cccs3)n2)cc1. The maximum absolute atomic E-state index is 4.99. The fourth-order valence-electron chi connectivity index (χ4n) is 6.79. The molecule has 1 unspecified atom stereocenters. The second-order valence-corrected chi connectivity index (χ2v) is 15.2. The molecule has 55 heavy (non-hydrogen) atoms. The summed E-state index contributed by atoms with van der Waals surface area (Å²) in [6.45, 7) is 2.28. The average Bonchev–Trinajstić information content (AvgIpc) is 3.83. The number of aromatic nitrogens is 6. The first-order valence-electron chi connectivity index (χ1n) is 18.1. The van der Waals surface area contributed by atoms with E-state index < -0.39 is 5.41 Å². The molecule has 1 atom stereocenters. The number of hydrogen-bond donors (Lipinski definition) is 0. The van der Waals surface area contributed by atoms with Gasteiger partial charge in [-0.05, 0) is 46.9 Å². The van der Waals surface area contributed by atoms with Gasteiger partial charge in [-0.2, -0.15) is 0 Å². The highest BCUT2D eigenvalue weighted by Gasteiger charge is 2.31. The van der Waals surface area contributed by atoms with Gasteiger partial charge in [0.05, 0.1) is 9.78 Å². The van der Waals surface area contributed by atoms with Crippen molar-refractivity contribution in [2.24, 2.45) is 0 Å². The topological polar surface area (TPSA) is 77.3 Å². The van der Waals surface area contributed by atoms with Crippen LogP contribution in [0.2, 0.25) is 0 Å². The first-order chi connectivity index (χ1) is 27.1. The first kappa shape index (κ1) is 34.4. The summed E-state index contributed by atoms with van der Waals surface area (Å²) in [6.07, 6.45) is 5.17. The molecule has 3 aromatic heterocycles. The second kappa shape index (κ2) is 15.2. The number of rotatable bonds is 9. The third-order valence-electron chi connectivity index (χ3n) is 9.82. The van der Waals surface area contributed by atoms with Gasteiger partial charge in [-0.25, -0.2) is 29.9 Å². The summed E-state index contributed by atoms with van der Waals surface area (Å²) >= 11 is 3.26. The smallest absolute Gasteiger partial charge is 0.174 e. The summed E-state index contributed by atoms with van der Waals surface area (Å²) in [5.41, 5.74) is 6.77. The molecule has 5 aromatic carbocycles. The Morgan fingerprint density at radius 3 is 1.33 bits per heavy atom. The molecule has 0 bridgehead atoms. The van der Waals surface area contributed by atoms with Gasteiger partial charge < -0.3 is 0 Å². The number of allylic oxidation sites excluding steroid dienone is 2. The fourth-order valence-corrected chi connectivity index (χ4v) is 8.19. The van der Waals surface area contributed by atoms with E-state index in [1.54, 1.807) is 23.1 Å². The van der Waals surface area contributed by atoms with E-state index in [-0.39, 0.29) is 0 Å². The Morgan fingerprint density at radius 1 is 0.436 bits per heavy atom. The summed E-state index contributed by atoms with van der Waals surface area (Å²) in [5, 5.41) is 4.14. The van der Waals surface area contributed by atoms with E-state index in [4.69, 9.17) is 29.9 Å². The standard InChI is InChI=1S/C47H34N6S2/c1-47(36-18-9-4-10-19-36,38-28-24-35(25-29-38)44-49-42(33-16-7-3-8-17-33)51-46(53-44)40-21-13-31-55-40)37-26-22-34(23-27-37)43-48-41(32-14-5-2-6-15-32)50-45(52-43)39-20-11-12-30-54-39/h2-10,12-31H,11H2,1H3. The van der Waals surface area contributed by atoms with E-state index in [1.165, 1.54) is 5.56 Å². The second-order valence-electron chi connectivity index (χ2n) is 13.3. The Balaban J connectivity index is 1.10. The van der Waals surface area contributed by atoms with E-state index in [2.05, 4.69) is 103 Å². The minimum absolute atomic E-state index is 0.468. The van der Waals surface area contributed by atoms with E-state index in [0.29, 0.717) is 34.9 Å². The van der Waals surface area contributed by atoms with Gasteiger partial charge >= 0.3 is 0 Å². The largest absolute Gasteiger partial charge is 0.208 e. The summed E-state index contributed by atoms with van der Waals surface area (Å²) < 4.78 is 0. The predicted octanol–water partition coefficient (Wildman–Crippen LogP) is 11.8. The van der Waals surface area contributed by atoms with Crippen LogP contribution in [0.1, 0.15) is 35.9 Å². The zero-order valence-corrected chi connectivity index (χ0v) is 31.6. The quantitative estimate of drug-likeness (QED) is 0.136. The minimum Gasteiger partial charge on any atom is -0.208 e. The molecule has 6 nitrogen and oxygen atoms in total. The molecule has 0 radical (unpaired) electrons.